The molecule has 1 aromatic heterocycles. The van der Waals surface area contributed by atoms with Gasteiger partial charge in [-0.3, -0.25) is 4.79 Å². The molecule has 0 amide bonds. The molecule has 124 valence electrons. The highest BCUT2D eigenvalue weighted by atomic mass is 16.5. The van der Waals surface area contributed by atoms with E-state index in [1.54, 1.807) is 0 Å². The maximum atomic E-state index is 10.8. The Morgan fingerprint density at radius 1 is 1.21 bits per heavy atom. The van der Waals surface area contributed by atoms with Crippen LogP contribution in [-0.2, 0) is 31.3 Å². The first-order valence-corrected chi connectivity index (χ1v) is 7.94. The van der Waals surface area contributed by atoms with Crippen LogP contribution >= 0.6 is 0 Å². The van der Waals surface area contributed by atoms with Crippen LogP contribution in [0.4, 0.5) is 0 Å². The Kier molecular flexibility index (Phi) is 4.51. The van der Waals surface area contributed by atoms with Crippen molar-refractivity contribution in [2.24, 2.45) is 7.05 Å². The lowest BCUT2D eigenvalue weighted by atomic mass is 10.1. The van der Waals surface area contributed by atoms with Crippen molar-refractivity contribution in [1.29, 1.82) is 0 Å². The lowest BCUT2D eigenvalue weighted by molar-refractivity contribution is -0.136. The molecule has 0 spiro atoms. The highest BCUT2D eigenvalue weighted by Gasteiger charge is 2.10. The predicted molar refractivity (Wildman–Crippen MR) is 92.2 cm³/mol. The molecule has 0 unspecified atom stereocenters. The van der Waals surface area contributed by atoms with Crippen LogP contribution in [0, 0.1) is 0 Å². The topological polar surface area (TPSA) is 64.3 Å². The summed E-state index contributed by atoms with van der Waals surface area (Å²) in [6.07, 6.45) is 0.970. The fourth-order valence-corrected chi connectivity index (χ4v) is 2.71. The quantitative estimate of drug-likeness (QED) is 0.755. The number of imidazole rings is 1. The molecule has 0 saturated heterocycles. The molecule has 0 aliphatic rings. The van der Waals surface area contributed by atoms with Crippen molar-refractivity contribution in [3.8, 4) is 5.75 Å². The number of nitrogens with zero attached hydrogens (tertiary/aromatic N) is 2. The van der Waals surface area contributed by atoms with E-state index >= 15 is 0 Å². The molecule has 0 aliphatic heterocycles. The zero-order chi connectivity index (χ0) is 17.1. The van der Waals surface area contributed by atoms with Gasteiger partial charge in [-0.15, -0.1) is 0 Å². The fraction of sp³-hybridized carbons (Fsp3) is 0.263. The van der Waals surface area contributed by atoms with E-state index in [0.717, 1.165) is 34.6 Å². The second kappa shape index (κ2) is 6.74. The van der Waals surface area contributed by atoms with Gasteiger partial charge in [-0.05, 0) is 41.8 Å². The van der Waals surface area contributed by atoms with Crippen LogP contribution in [0.1, 0.15) is 23.9 Å². The lowest BCUT2D eigenvalue weighted by Crippen LogP contribution is -2.03. The zero-order valence-electron chi connectivity index (χ0n) is 13.8. The Bertz CT molecular complexity index is 883. The molecular weight excluding hydrogens is 304 g/mol. The van der Waals surface area contributed by atoms with Crippen molar-refractivity contribution < 1.29 is 14.6 Å². The zero-order valence-corrected chi connectivity index (χ0v) is 13.8. The number of rotatable bonds is 6. The summed E-state index contributed by atoms with van der Waals surface area (Å²) in [6.45, 7) is 2.48. The number of carbonyl (C=O) groups is 1. The van der Waals surface area contributed by atoms with Gasteiger partial charge in [0, 0.05) is 7.05 Å². The number of hydrogen-bond donors (Lipinski definition) is 1. The van der Waals surface area contributed by atoms with Crippen LogP contribution in [0.3, 0.4) is 0 Å². The molecular formula is C19H20N2O3. The maximum Gasteiger partial charge on any atom is 0.307 e. The van der Waals surface area contributed by atoms with Crippen molar-refractivity contribution in [2.75, 3.05) is 0 Å². The summed E-state index contributed by atoms with van der Waals surface area (Å²) in [6, 6.07) is 13.6. The number of hydrogen-bond acceptors (Lipinski definition) is 3. The average Bonchev–Trinajstić information content (AvgIpc) is 2.88. The third kappa shape index (κ3) is 3.40. The molecule has 5 nitrogen and oxygen atoms in total. The SMILES string of the molecule is CCc1cccc(OCc2nc3cc(CC(=O)O)ccc3n2C)c1. The summed E-state index contributed by atoms with van der Waals surface area (Å²) in [5.74, 6) is 0.789. The van der Waals surface area contributed by atoms with E-state index < -0.39 is 5.97 Å². The van der Waals surface area contributed by atoms with Gasteiger partial charge in [0.25, 0.3) is 0 Å². The molecule has 0 saturated carbocycles. The number of ether oxygens (including phenoxy) is 1. The first-order valence-electron chi connectivity index (χ1n) is 7.94. The van der Waals surface area contributed by atoms with Crippen LogP contribution < -0.4 is 4.74 Å². The predicted octanol–water partition coefficient (Wildman–Crippen LogP) is 3.34. The summed E-state index contributed by atoms with van der Waals surface area (Å²) < 4.78 is 7.84. The Labute approximate surface area is 140 Å². The van der Waals surface area contributed by atoms with Crippen molar-refractivity contribution >= 4 is 17.0 Å². The van der Waals surface area contributed by atoms with Crippen molar-refractivity contribution in [3.63, 3.8) is 0 Å². The lowest BCUT2D eigenvalue weighted by Gasteiger charge is -2.07. The van der Waals surface area contributed by atoms with Gasteiger partial charge >= 0.3 is 5.97 Å². The third-order valence-electron chi connectivity index (χ3n) is 4.07. The van der Waals surface area contributed by atoms with Gasteiger partial charge in [0.05, 0.1) is 17.5 Å². The van der Waals surface area contributed by atoms with Crippen molar-refractivity contribution in [1.82, 2.24) is 9.55 Å². The summed E-state index contributed by atoms with van der Waals surface area (Å²) in [5, 5.41) is 8.91. The second-order valence-corrected chi connectivity index (χ2v) is 5.77. The van der Waals surface area contributed by atoms with Crippen LogP contribution in [0.5, 0.6) is 5.75 Å². The Morgan fingerprint density at radius 3 is 2.79 bits per heavy atom. The van der Waals surface area contributed by atoms with Crippen LogP contribution in [0.15, 0.2) is 42.5 Å². The second-order valence-electron chi connectivity index (χ2n) is 5.77. The Balaban J connectivity index is 1.81. The summed E-state index contributed by atoms with van der Waals surface area (Å²) in [7, 11) is 1.94. The molecule has 5 heteroatoms. The normalized spacial score (nSPS) is 10.9. The molecule has 0 radical (unpaired) electrons. The Hall–Kier alpha value is -2.82. The first kappa shape index (κ1) is 16.1. The van der Waals surface area contributed by atoms with E-state index in [0.29, 0.717) is 6.61 Å². The molecule has 3 rings (SSSR count). The van der Waals surface area contributed by atoms with E-state index in [9.17, 15) is 4.79 Å². The first-order chi connectivity index (χ1) is 11.6. The number of carboxylic acid groups (broad SMARTS) is 1. The molecule has 3 aromatic rings. The van der Waals surface area contributed by atoms with Crippen LogP contribution in [0.2, 0.25) is 0 Å². The van der Waals surface area contributed by atoms with E-state index in [4.69, 9.17) is 9.84 Å². The third-order valence-corrected chi connectivity index (χ3v) is 4.07. The molecule has 1 N–H and O–H groups in total. The van der Waals surface area contributed by atoms with Crippen molar-refractivity contribution in [3.05, 3.63) is 59.4 Å². The average molecular weight is 324 g/mol. The minimum atomic E-state index is -0.843. The molecule has 0 atom stereocenters. The van der Waals surface area contributed by atoms with Gasteiger partial charge in [-0.25, -0.2) is 4.98 Å². The molecule has 0 fully saturated rings. The summed E-state index contributed by atoms with van der Waals surface area (Å²) in [5.41, 5.74) is 3.73. The van der Waals surface area contributed by atoms with E-state index in [1.165, 1.54) is 5.56 Å². The van der Waals surface area contributed by atoms with Gasteiger partial charge in [-0.1, -0.05) is 25.1 Å². The highest BCUT2D eigenvalue weighted by molar-refractivity contribution is 5.79. The van der Waals surface area contributed by atoms with E-state index in [1.807, 2.05) is 48.0 Å². The van der Waals surface area contributed by atoms with Crippen LogP contribution in [0.25, 0.3) is 11.0 Å². The van der Waals surface area contributed by atoms with E-state index in [-0.39, 0.29) is 6.42 Å². The van der Waals surface area contributed by atoms with Gasteiger partial charge in [0.1, 0.15) is 18.2 Å². The van der Waals surface area contributed by atoms with Gasteiger partial charge in [0.2, 0.25) is 0 Å². The standard InChI is InChI=1S/C19H20N2O3/c1-3-13-5-4-6-15(9-13)24-12-18-20-16-10-14(11-19(22)23)7-8-17(16)21(18)2/h4-10H,3,11-12H2,1-2H3,(H,22,23). The fourth-order valence-electron chi connectivity index (χ4n) is 2.71. The Morgan fingerprint density at radius 2 is 2.04 bits per heavy atom. The number of fused-ring (bicyclic) bond motifs is 1. The van der Waals surface area contributed by atoms with Crippen molar-refractivity contribution in [2.45, 2.75) is 26.4 Å². The number of benzene rings is 2. The number of aromatic nitrogens is 2. The number of aryl methyl sites for hydroxylation is 2. The maximum absolute atomic E-state index is 10.8. The molecule has 24 heavy (non-hydrogen) atoms. The summed E-state index contributed by atoms with van der Waals surface area (Å²) >= 11 is 0. The minimum absolute atomic E-state index is 0.00214. The largest absolute Gasteiger partial charge is 0.486 e. The molecule has 0 aliphatic carbocycles. The monoisotopic (exact) mass is 324 g/mol. The van der Waals surface area contributed by atoms with Crippen LogP contribution in [-0.4, -0.2) is 20.6 Å². The van der Waals surface area contributed by atoms with Gasteiger partial charge < -0.3 is 14.4 Å². The minimum Gasteiger partial charge on any atom is -0.486 e. The smallest absolute Gasteiger partial charge is 0.307 e. The molecule has 1 heterocycles. The molecule has 2 aromatic carbocycles. The number of carboxylic acids is 1. The molecule has 0 bridgehead atoms. The van der Waals surface area contributed by atoms with E-state index in [2.05, 4.69) is 18.0 Å². The highest BCUT2D eigenvalue weighted by Crippen LogP contribution is 2.20. The van der Waals surface area contributed by atoms with Gasteiger partial charge in [-0.2, -0.15) is 0 Å². The summed E-state index contributed by atoms with van der Waals surface area (Å²) in [4.78, 5) is 15.4. The van der Waals surface area contributed by atoms with Gasteiger partial charge in [0.15, 0.2) is 0 Å². The number of aliphatic carboxylic acids is 1.